The molecule has 1 aromatic heterocycles. The Kier molecular flexibility index (Phi) is 4.61. The summed E-state index contributed by atoms with van der Waals surface area (Å²) in [5, 5.41) is 6.52. The van der Waals surface area contributed by atoms with Crippen LogP contribution in [0.4, 0.5) is 5.69 Å². The van der Waals surface area contributed by atoms with Crippen molar-refractivity contribution < 1.29 is 0 Å². The molecule has 122 valence electrons. The van der Waals surface area contributed by atoms with Gasteiger partial charge in [0, 0.05) is 15.3 Å². The van der Waals surface area contributed by atoms with E-state index in [-0.39, 0.29) is 0 Å². The molecular weight excluding hydrogens is 421 g/mol. The third-order valence-electron chi connectivity index (χ3n) is 4.04. The van der Waals surface area contributed by atoms with E-state index in [2.05, 4.69) is 87.3 Å². The van der Waals surface area contributed by atoms with Gasteiger partial charge in [0.1, 0.15) is 0 Å². The highest BCUT2D eigenvalue weighted by Gasteiger charge is 2.12. The quantitative estimate of drug-likeness (QED) is 0.525. The van der Waals surface area contributed by atoms with E-state index in [1.807, 2.05) is 35.6 Å². The number of hydrogen-bond donors (Lipinski definition) is 0. The van der Waals surface area contributed by atoms with Crippen LogP contribution < -0.4 is 5.01 Å². The molecule has 4 heteroatoms. The normalized spacial score (nSPS) is 15.1. The van der Waals surface area contributed by atoms with Crippen LogP contribution in [0.1, 0.15) is 5.56 Å². The van der Waals surface area contributed by atoms with Crippen molar-refractivity contribution in [3.05, 3.63) is 87.6 Å². The number of halogens is 1. The van der Waals surface area contributed by atoms with Crippen molar-refractivity contribution in [2.24, 2.45) is 5.10 Å². The number of aromatic nitrogens is 1. The molecule has 0 spiro atoms. The molecule has 0 fully saturated rings. The first-order chi connectivity index (χ1) is 12.3. The van der Waals surface area contributed by atoms with E-state index in [1.165, 1.54) is 14.7 Å². The maximum atomic E-state index is 4.51. The van der Waals surface area contributed by atoms with Crippen LogP contribution in [0.25, 0.3) is 17.3 Å². The highest BCUT2D eigenvalue weighted by Crippen LogP contribution is 2.23. The lowest BCUT2D eigenvalue weighted by Crippen LogP contribution is -2.12. The predicted octanol–water partition coefficient (Wildman–Crippen LogP) is 5.24. The molecule has 3 aromatic rings. The average Bonchev–Trinajstić information content (AvgIpc) is 3.12. The Hall–Kier alpha value is -2.47. The molecule has 0 bridgehead atoms. The van der Waals surface area contributed by atoms with Gasteiger partial charge in [-0.2, -0.15) is 5.10 Å². The average molecular weight is 437 g/mol. The topological polar surface area (TPSA) is 28.5 Å². The molecule has 0 amide bonds. The Morgan fingerprint density at radius 2 is 1.72 bits per heavy atom. The second kappa shape index (κ2) is 7.19. The summed E-state index contributed by atoms with van der Waals surface area (Å²) < 4.78 is 1.23. The van der Waals surface area contributed by atoms with Gasteiger partial charge in [0.25, 0.3) is 0 Å². The summed E-state index contributed by atoms with van der Waals surface area (Å²) in [6.07, 6.45) is 5.93. The van der Waals surface area contributed by atoms with Crippen LogP contribution in [-0.2, 0) is 0 Å². The molecule has 1 aliphatic rings. The lowest BCUT2D eigenvalue weighted by Gasteiger charge is -2.13. The van der Waals surface area contributed by atoms with Crippen molar-refractivity contribution in [1.82, 2.24) is 4.98 Å². The minimum atomic E-state index is 0.794. The van der Waals surface area contributed by atoms with E-state index in [0.29, 0.717) is 0 Å². The molecule has 0 aliphatic carbocycles. The summed E-state index contributed by atoms with van der Waals surface area (Å²) in [5.74, 6) is 0. The summed E-state index contributed by atoms with van der Waals surface area (Å²) in [6, 6.07) is 22.8. The predicted molar refractivity (Wildman–Crippen MR) is 113 cm³/mol. The van der Waals surface area contributed by atoms with Gasteiger partial charge in [0.15, 0.2) is 0 Å². The van der Waals surface area contributed by atoms with Crippen molar-refractivity contribution in [2.75, 3.05) is 11.6 Å². The Labute approximate surface area is 160 Å². The zero-order valence-corrected chi connectivity index (χ0v) is 15.7. The largest absolute Gasteiger partial charge is 0.261 e. The van der Waals surface area contributed by atoms with Gasteiger partial charge in [0.2, 0.25) is 0 Å². The number of hydrogen-bond acceptors (Lipinski definition) is 3. The number of anilines is 1. The van der Waals surface area contributed by atoms with Gasteiger partial charge in [-0.3, -0.25) is 9.99 Å². The van der Waals surface area contributed by atoms with Gasteiger partial charge in [-0.15, -0.1) is 0 Å². The van der Waals surface area contributed by atoms with Crippen LogP contribution in [0.15, 0.2) is 83.6 Å². The van der Waals surface area contributed by atoms with Crippen molar-refractivity contribution in [2.45, 2.75) is 0 Å². The molecule has 0 saturated heterocycles. The Morgan fingerprint density at radius 3 is 2.44 bits per heavy atom. The van der Waals surface area contributed by atoms with Crippen LogP contribution in [-0.4, -0.2) is 17.7 Å². The Morgan fingerprint density at radius 1 is 0.920 bits per heavy atom. The van der Waals surface area contributed by atoms with E-state index in [0.717, 1.165) is 23.5 Å². The van der Waals surface area contributed by atoms with E-state index in [1.54, 1.807) is 0 Å². The minimum absolute atomic E-state index is 0.794. The summed E-state index contributed by atoms with van der Waals surface area (Å²) in [6.45, 7) is 0.794. The van der Waals surface area contributed by atoms with Crippen LogP contribution in [0.5, 0.6) is 0 Å². The standard InChI is InChI=1S/C21H16IN3/c22-19-8-10-20(11-9-19)25-15-17(14-24-25)13-16-4-6-18(7-5-16)21-3-1-2-12-23-21/h1-14H,15H2. The molecule has 0 radical (unpaired) electrons. The third-order valence-corrected chi connectivity index (χ3v) is 4.76. The second-order valence-corrected chi connectivity index (χ2v) is 7.08. The summed E-state index contributed by atoms with van der Waals surface area (Å²) in [5.41, 5.74) is 5.61. The number of rotatable bonds is 3. The fraction of sp³-hybridized carbons (Fsp3) is 0.0476. The lowest BCUT2D eigenvalue weighted by atomic mass is 10.1. The number of hydrazone groups is 1. The SMILES string of the molecule is Ic1ccc(N2CC(=Cc3ccc(-c4ccccn4)cc3)C=N2)cc1. The van der Waals surface area contributed by atoms with Crippen molar-refractivity contribution in [3.63, 3.8) is 0 Å². The maximum absolute atomic E-state index is 4.51. The number of benzene rings is 2. The van der Waals surface area contributed by atoms with Crippen LogP contribution >= 0.6 is 22.6 Å². The van der Waals surface area contributed by atoms with Gasteiger partial charge in [0.05, 0.1) is 24.1 Å². The zero-order chi connectivity index (χ0) is 17.1. The van der Waals surface area contributed by atoms with E-state index >= 15 is 0 Å². The number of nitrogens with zero attached hydrogens (tertiary/aromatic N) is 3. The summed E-state index contributed by atoms with van der Waals surface area (Å²) in [7, 11) is 0. The van der Waals surface area contributed by atoms with Crippen LogP contribution in [0, 0.1) is 3.57 Å². The molecule has 1 aliphatic heterocycles. The summed E-state index contributed by atoms with van der Waals surface area (Å²) in [4.78, 5) is 4.39. The van der Waals surface area contributed by atoms with Crippen LogP contribution in [0.3, 0.4) is 0 Å². The van der Waals surface area contributed by atoms with Crippen molar-refractivity contribution >= 4 is 40.6 Å². The summed E-state index contributed by atoms with van der Waals surface area (Å²) >= 11 is 2.31. The van der Waals surface area contributed by atoms with Gasteiger partial charge < -0.3 is 0 Å². The third kappa shape index (κ3) is 3.79. The Bertz CT molecular complexity index is 914. The van der Waals surface area contributed by atoms with E-state index in [9.17, 15) is 0 Å². The maximum Gasteiger partial charge on any atom is 0.0701 e. The first-order valence-electron chi connectivity index (χ1n) is 8.07. The molecule has 2 aromatic carbocycles. The van der Waals surface area contributed by atoms with Crippen molar-refractivity contribution in [3.8, 4) is 11.3 Å². The molecular formula is C21H16IN3. The van der Waals surface area contributed by atoms with E-state index < -0.39 is 0 Å². The molecule has 25 heavy (non-hydrogen) atoms. The molecule has 3 nitrogen and oxygen atoms in total. The lowest BCUT2D eigenvalue weighted by molar-refractivity contribution is 0.974. The molecule has 2 heterocycles. The van der Waals surface area contributed by atoms with Gasteiger partial charge in [-0.05, 0) is 76.2 Å². The molecule has 0 unspecified atom stereocenters. The molecule has 0 atom stereocenters. The number of pyridine rings is 1. The van der Waals surface area contributed by atoms with E-state index in [4.69, 9.17) is 0 Å². The smallest absolute Gasteiger partial charge is 0.0701 e. The second-order valence-electron chi connectivity index (χ2n) is 5.83. The molecule has 0 saturated carbocycles. The fourth-order valence-corrected chi connectivity index (χ4v) is 3.11. The zero-order valence-electron chi connectivity index (χ0n) is 13.5. The highest BCUT2D eigenvalue weighted by atomic mass is 127. The molecule has 4 rings (SSSR count). The first kappa shape index (κ1) is 16.0. The highest BCUT2D eigenvalue weighted by molar-refractivity contribution is 14.1. The van der Waals surface area contributed by atoms with Gasteiger partial charge in [-0.1, -0.05) is 30.3 Å². The van der Waals surface area contributed by atoms with Crippen molar-refractivity contribution in [1.29, 1.82) is 0 Å². The molecule has 0 N–H and O–H groups in total. The van der Waals surface area contributed by atoms with Gasteiger partial charge in [-0.25, -0.2) is 0 Å². The van der Waals surface area contributed by atoms with Crippen LogP contribution in [0.2, 0.25) is 0 Å². The fourth-order valence-electron chi connectivity index (χ4n) is 2.75. The van der Waals surface area contributed by atoms with Gasteiger partial charge >= 0.3 is 0 Å². The first-order valence-corrected chi connectivity index (χ1v) is 9.15. The Balaban J connectivity index is 1.48. The monoisotopic (exact) mass is 437 g/mol. The minimum Gasteiger partial charge on any atom is -0.261 e.